The Morgan fingerprint density at radius 3 is 1.87 bits per heavy atom. The van der Waals surface area contributed by atoms with Crippen molar-refractivity contribution in [2.75, 3.05) is 18.6 Å². The van der Waals surface area contributed by atoms with E-state index < -0.39 is 69.2 Å². The van der Waals surface area contributed by atoms with Crippen LogP contribution in [0.5, 0.6) is 0 Å². The quantitative estimate of drug-likeness (QED) is 0.192. The zero-order chi connectivity index (χ0) is 30.7. The lowest BCUT2D eigenvalue weighted by Gasteiger charge is -2.30. The predicted octanol–water partition coefficient (Wildman–Crippen LogP) is 1.12. The molecule has 12 nitrogen and oxygen atoms in total. The van der Waals surface area contributed by atoms with Crippen LogP contribution in [0, 0.1) is 17.8 Å². The molecule has 0 aliphatic rings. The van der Waals surface area contributed by atoms with Gasteiger partial charge in [0.15, 0.2) is 0 Å². The molecule has 0 aromatic carbocycles. The third-order valence-electron chi connectivity index (χ3n) is 5.63. The van der Waals surface area contributed by atoms with E-state index in [0.29, 0.717) is 13.0 Å². The highest BCUT2D eigenvalue weighted by Crippen LogP contribution is 2.17. The molecular weight excluding hydrogens is 528 g/mol. The van der Waals surface area contributed by atoms with Crippen molar-refractivity contribution in [1.82, 2.24) is 21.3 Å². The van der Waals surface area contributed by atoms with Gasteiger partial charge in [-0.05, 0) is 52.4 Å². The Hall–Kier alpha value is -2.41. The number of sulfone groups is 1. The molecule has 0 rings (SSSR count). The first-order valence-electron chi connectivity index (χ1n) is 13.4. The lowest BCUT2D eigenvalue weighted by Crippen LogP contribution is -2.56. The van der Waals surface area contributed by atoms with Crippen molar-refractivity contribution >= 4 is 33.7 Å². The van der Waals surface area contributed by atoms with E-state index in [1.807, 2.05) is 27.7 Å². The SMILES string of the molecule is CCNC(=O)[C@@H](NC(=O)[C@H](C)C[C@H](O)[C@H](CC(C)C)NC(=O)[C@H](CS(C)(=O)=O)NC(=O)OC(C)(C)C)C(C)C. The first-order chi connectivity index (χ1) is 17.7. The van der Waals surface area contributed by atoms with Crippen LogP contribution in [-0.4, -0.2) is 85.7 Å². The molecule has 0 saturated carbocycles. The summed E-state index contributed by atoms with van der Waals surface area (Å²) in [6, 6.07) is -3.03. The number of aliphatic hydroxyl groups is 1. The standard InChI is InChI=1S/C26H50N4O8S/c1-11-27-24(34)21(16(4)5)30-22(32)17(6)13-20(31)18(12-15(2)3)28-23(33)19(14-39(10,36)37)29-25(35)38-26(7,8)9/h15-21,31H,11-14H2,1-10H3,(H,27,34)(H,28,33)(H,29,35)(H,30,32)/t17-,18+,19+,20+,21+/m1/s1. The van der Waals surface area contributed by atoms with Crippen molar-refractivity contribution in [2.45, 2.75) is 105 Å². The fourth-order valence-electron chi connectivity index (χ4n) is 3.79. The summed E-state index contributed by atoms with van der Waals surface area (Å²) in [6.45, 7) is 16.1. The molecule has 0 spiro atoms. The highest BCUT2D eigenvalue weighted by molar-refractivity contribution is 7.90. The van der Waals surface area contributed by atoms with Gasteiger partial charge in [-0.15, -0.1) is 0 Å². The lowest BCUT2D eigenvalue weighted by atomic mass is 9.92. The summed E-state index contributed by atoms with van der Waals surface area (Å²) in [6.07, 6.45) is -0.883. The van der Waals surface area contributed by atoms with Gasteiger partial charge in [-0.25, -0.2) is 13.2 Å². The number of hydrogen-bond acceptors (Lipinski definition) is 8. The van der Waals surface area contributed by atoms with Crippen LogP contribution in [-0.2, 0) is 29.0 Å². The second-order valence-electron chi connectivity index (χ2n) is 11.9. The average Bonchev–Trinajstić information content (AvgIpc) is 2.73. The normalized spacial score (nSPS) is 16.0. The van der Waals surface area contributed by atoms with Gasteiger partial charge in [0.05, 0.1) is 17.9 Å². The second kappa shape index (κ2) is 16.0. The molecule has 5 atom stereocenters. The predicted molar refractivity (Wildman–Crippen MR) is 149 cm³/mol. The van der Waals surface area contributed by atoms with Crippen molar-refractivity contribution in [3.05, 3.63) is 0 Å². The van der Waals surface area contributed by atoms with Crippen molar-refractivity contribution in [2.24, 2.45) is 17.8 Å². The number of nitrogens with one attached hydrogen (secondary N) is 4. The van der Waals surface area contributed by atoms with Gasteiger partial charge in [0.2, 0.25) is 17.7 Å². The van der Waals surface area contributed by atoms with Gasteiger partial charge in [-0.1, -0.05) is 34.6 Å². The number of rotatable bonds is 15. The number of likely N-dealkylation sites (N-methyl/N-ethyl adjacent to an activating group) is 1. The lowest BCUT2D eigenvalue weighted by molar-refractivity contribution is -0.132. The highest BCUT2D eigenvalue weighted by Gasteiger charge is 2.33. The maximum absolute atomic E-state index is 13.1. The van der Waals surface area contributed by atoms with Gasteiger partial charge >= 0.3 is 6.09 Å². The van der Waals surface area contributed by atoms with E-state index in [1.165, 1.54) is 0 Å². The number of alkyl carbamates (subject to hydrolysis) is 1. The molecule has 0 aliphatic heterocycles. The largest absolute Gasteiger partial charge is 0.444 e. The minimum Gasteiger partial charge on any atom is -0.444 e. The molecule has 0 aromatic rings. The first-order valence-corrected chi connectivity index (χ1v) is 15.5. The van der Waals surface area contributed by atoms with E-state index >= 15 is 0 Å². The molecule has 0 unspecified atom stereocenters. The molecule has 5 N–H and O–H groups in total. The van der Waals surface area contributed by atoms with E-state index in [1.54, 1.807) is 34.6 Å². The van der Waals surface area contributed by atoms with Crippen molar-refractivity contribution in [3.63, 3.8) is 0 Å². The molecule has 0 saturated heterocycles. The van der Waals surface area contributed by atoms with Gasteiger partial charge < -0.3 is 31.1 Å². The van der Waals surface area contributed by atoms with Crippen LogP contribution in [0.1, 0.15) is 75.2 Å². The van der Waals surface area contributed by atoms with Crippen molar-refractivity contribution < 1.29 is 37.4 Å². The molecule has 228 valence electrons. The highest BCUT2D eigenvalue weighted by atomic mass is 32.2. The summed E-state index contributed by atoms with van der Waals surface area (Å²) in [4.78, 5) is 50.6. The van der Waals surface area contributed by atoms with Gasteiger partial charge in [-0.3, -0.25) is 14.4 Å². The smallest absolute Gasteiger partial charge is 0.408 e. The monoisotopic (exact) mass is 578 g/mol. The molecule has 39 heavy (non-hydrogen) atoms. The molecule has 13 heteroatoms. The topological polar surface area (TPSA) is 180 Å². The molecule has 0 radical (unpaired) electrons. The molecule has 0 fully saturated rings. The maximum Gasteiger partial charge on any atom is 0.408 e. The van der Waals surface area contributed by atoms with E-state index in [0.717, 1.165) is 6.26 Å². The molecule has 0 bridgehead atoms. The molecule has 4 amide bonds. The molecule has 0 heterocycles. The Bertz CT molecular complexity index is 931. The fraction of sp³-hybridized carbons (Fsp3) is 0.846. The summed E-state index contributed by atoms with van der Waals surface area (Å²) in [5, 5.41) is 21.4. The van der Waals surface area contributed by atoms with Gasteiger partial charge in [0.1, 0.15) is 27.5 Å². The van der Waals surface area contributed by atoms with Crippen molar-refractivity contribution in [1.29, 1.82) is 0 Å². The summed E-state index contributed by atoms with van der Waals surface area (Å²) in [7, 11) is -3.68. The Morgan fingerprint density at radius 2 is 1.44 bits per heavy atom. The van der Waals surface area contributed by atoms with Gasteiger partial charge in [0, 0.05) is 18.7 Å². The number of carbonyl (C=O) groups is 4. The Balaban J connectivity index is 5.63. The number of hydrogen-bond donors (Lipinski definition) is 5. The van der Waals surface area contributed by atoms with Gasteiger partial charge in [0.25, 0.3) is 0 Å². The third-order valence-corrected chi connectivity index (χ3v) is 6.57. The van der Waals surface area contributed by atoms with Gasteiger partial charge in [-0.2, -0.15) is 0 Å². The minimum absolute atomic E-state index is 0.0278. The van der Waals surface area contributed by atoms with Crippen LogP contribution in [0.25, 0.3) is 0 Å². The minimum atomic E-state index is -3.68. The number of aliphatic hydroxyl groups excluding tert-OH is 1. The van der Waals surface area contributed by atoms with E-state index in [-0.39, 0.29) is 24.2 Å². The van der Waals surface area contributed by atoms with Crippen LogP contribution in [0.3, 0.4) is 0 Å². The van der Waals surface area contributed by atoms with E-state index in [9.17, 15) is 32.7 Å². The maximum atomic E-state index is 13.1. The molecule has 0 aliphatic carbocycles. The van der Waals surface area contributed by atoms with Crippen LogP contribution >= 0.6 is 0 Å². The number of carbonyl (C=O) groups excluding carboxylic acids is 4. The first kappa shape index (κ1) is 36.6. The Morgan fingerprint density at radius 1 is 0.872 bits per heavy atom. The molecule has 0 aromatic heterocycles. The van der Waals surface area contributed by atoms with E-state index in [4.69, 9.17) is 4.74 Å². The average molecular weight is 579 g/mol. The van der Waals surface area contributed by atoms with Crippen LogP contribution in [0.4, 0.5) is 4.79 Å². The number of amides is 4. The summed E-state index contributed by atoms with van der Waals surface area (Å²) < 4.78 is 29.1. The number of ether oxygens (including phenoxy) is 1. The summed E-state index contributed by atoms with van der Waals surface area (Å²) in [5.41, 5.74) is -0.866. The van der Waals surface area contributed by atoms with Crippen LogP contribution in [0.15, 0.2) is 0 Å². The zero-order valence-electron chi connectivity index (χ0n) is 25.1. The van der Waals surface area contributed by atoms with Crippen molar-refractivity contribution in [3.8, 4) is 0 Å². The van der Waals surface area contributed by atoms with E-state index in [2.05, 4.69) is 21.3 Å². The second-order valence-corrected chi connectivity index (χ2v) is 14.0. The van der Waals surface area contributed by atoms with Crippen LogP contribution < -0.4 is 21.3 Å². The summed E-state index contributed by atoms with van der Waals surface area (Å²) >= 11 is 0. The fourth-order valence-corrected chi connectivity index (χ4v) is 4.63. The molecular formula is C26H50N4O8S. The summed E-state index contributed by atoms with van der Waals surface area (Å²) in [5.74, 6) is -3.02. The Kier molecular flexibility index (Phi) is 15.0. The third kappa shape index (κ3) is 15.7. The zero-order valence-corrected chi connectivity index (χ0v) is 25.9. The van der Waals surface area contributed by atoms with Crippen LogP contribution in [0.2, 0.25) is 0 Å². The Labute approximate surface area is 233 Å².